The number of amides is 1. The molecule has 0 fully saturated rings. The van der Waals surface area contributed by atoms with Crippen molar-refractivity contribution in [2.45, 2.75) is 33.2 Å². The molecule has 0 aliphatic heterocycles. The van der Waals surface area contributed by atoms with Gasteiger partial charge in [0.25, 0.3) is 0 Å². The number of rotatable bonds is 6. The molecule has 1 amide bonds. The molecular weight excluding hydrogens is 332 g/mol. The lowest BCUT2D eigenvalue weighted by molar-refractivity contribution is -0.128. The van der Waals surface area contributed by atoms with Crippen molar-refractivity contribution in [2.24, 2.45) is 11.1 Å². The minimum atomic E-state index is -0.723. The number of thiophene rings is 1. The molecule has 0 aliphatic carbocycles. The minimum Gasteiger partial charge on any atom is -0.392 e. The minimum absolute atomic E-state index is 0.0831. The normalized spacial score (nSPS) is 11.3. The van der Waals surface area contributed by atoms with Gasteiger partial charge in [-0.15, -0.1) is 11.3 Å². The third kappa shape index (κ3) is 3.10. The fourth-order valence-electron chi connectivity index (χ4n) is 1.81. The molecular formula is C12H17BrN2OS2. The molecule has 1 aromatic rings. The predicted octanol–water partition coefficient (Wildman–Crippen LogP) is 3.22. The smallest absolute Gasteiger partial charge is 0.233 e. The highest BCUT2D eigenvalue weighted by atomic mass is 79.9. The van der Waals surface area contributed by atoms with Gasteiger partial charge in [0.1, 0.15) is 0 Å². The fourth-order valence-corrected chi connectivity index (χ4v) is 3.63. The summed E-state index contributed by atoms with van der Waals surface area (Å²) in [6, 6.07) is 1.96. The standard InChI is InChI=1S/C12H17BrN2OS2/c1-3-12(4-2,10(14)17)11(16)15-7-9-8(13)5-6-18-9/h5-6H,3-4,7H2,1-2H3,(H2,14,17)(H,15,16). The summed E-state index contributed by atoms with van der Waals surface area (Å²) < 4.78 is 1.02. The Bertz CT molecular complexity index is 441. The van der Waals surface area contributed by atoms with Crippen LogP contribution >= 0.6 is 39.5 Å². The van der Waals surface area contributed by atoms with Crippen LogP contribution in [-0.4, -0.2) is 10.9 Å². The highest BCUT2D eigenvalue weighted by Crippen LogP contribution is 2.28. The first-order chi connectivity index (χ1) is 8.47. The average Bonchev–Trinajstić information content (AvgIpc) is 2.74. The van der Waals surface area contributed by atoms with Gasteiger partial charge in [0.2, 0.25) is 5.91 Å². The number of carbonyl (C=O) groups excluding carboxylic acids is 1. The second-order valence-electron chi connectivity index (χ2n) is 4.03. The van der Waals surface area contributed by atoms with Crippen LogP contribution in [0.5, 0.6) is 0 Å². The van der Waals surface area contributed by atoms with Crippen molar-refractivity contribution < 1.29 is 4.79 Å². The molecule has 0 unspecified atom stereocenters. The quantitative estimate of drug-likeness (QED) is 0.776. The Morgan fingerprint density at radius 1 is 1.56 bits per heavy atom. The van der Waals surface area contributed by atoms with E-state index in [2.05, 4.69) is 21.2 Å². The van der Waals surface area contributed by atoms with Crippen LogP contribution in [0.4, 0.5) is 0 Å². The first-order valence-corrected chi connectivity index (χ1v) is 7.86. The van der Waals surface area contributed by atoms with Gasteiger partial charge >= 0.3 is 0 Å². The first-order valence-electron chi connectivity index (χ1n) is 5.78. The Labute approximate surface area is 125 Å². The van der Waals surface area contributed by atoms with E-state index in [9.17, 15) is 4.79 Å². The van der Waals surface area contributed by atoms with E-state index in [0.29, 0.717) is 19.4 Å². The summed E-state index contributed by atoms with van der Waals surface area (Å²) in [6.07, 6.45) is 1.24. The van der Waals surface area contributed by atoms with Gasteiger partial charge in [-0.1, -0.05) is 26.1 Å². The van der Waals surface area contributed by atoms with Gasteiger partial charge in [0.15, 0.2) is 0 Å². The summed E-state index contributed by atoms with van der Waals surface area (Å²) in [4.78, 5) is 13.6. The number of halogens is 1. The average molecular weight is 349 g/mol. The van der Waals surface area contributed by atoms with Crippen LogP contribution in [0.15, 0.2) is 15.9 Å². The van der Waals surface area contributed by atoms with E-state index in [-0.39, 0.29) is 10.9 Å². The van der Waals surface area contributed by atoms with Crippen LogP contribution in [0.3, 0.4) is 0 Å². The van der Waals surface area contributed by atoms with E-state index in [1.54, 1.807) is 11.3 Å². The molecule has 1 rings (SSSR count). The van der Waals surface area contributed by atoms with Crippen molar-refractivity contribution in [3.63, 3.8) is 0 Å². The Balaban J connectivity index is 2.75. The van der Waals surface area contributed by atoms with E-state index in [0.717, 1.165) is 9.35 Å². The van der Waals surface area contributed by atoms with Crippen LogP contribution in [0.1, 0.15) is 31.6 Å². The molecule has 18 heavy (non-hydrogen) atoms. The molecule has 0 aliphatic rings. The maximum Gasteiger partial charge on any atom is 0.233 e. The number of hydrogen-bond donors (Lipinski definition) is 2. The lowest BCUT2D eigenvalue weighted by Crippen LogP contribution is -2.48. The molecule has 0 spiro atoms. The third-order valence-electron chi connectivity index (χ3n) is 3.21. The summed E-state index contributed by atoms with van der Waals surface area (Å²) in [7, 11) is 0. The second-order valence-corrected chi connectivity index (χ2v) is 6.32. The van der Waals surface area contributed by atoms with Crippen molar-refractivity contribution in [2.75, 3.05) is 0 Å². The summed E-state index contributed by atoms with van der Waals surface area (Å²) in [6.45, 7) is 4.37. The maximum absolute atomic E-state index is 12.3. The molecule has 3 N–H and O–H groups in total. The van der Waals surface area contributed by atoms with Gasteiger partial charge in [-0.25, -0.2) is 0 Å². The van der Waals surface area contributed by atoms with Crippen molar-refractivity contribution in [3.05, 3.63) is 20.8 Å². The number of carbonyl (C=O) groups is 1. The molecule has 0 aromatic carbocycles. The van der Waals surface area contributed by atoms with E-state index in [1.807, 2.05) is 25.3 Å². The molecule has 1 heterocycles. The van der Waals surface area contributed by atoms with Gasteiger partial charge < -0.3 is 11.1 Å². The Hall–Kier alpha value is -0.460. The summed E-state index contributed by atoms with van der Waals surface area (Å²) in [5, 5.41) is 4.90. The van der Waals surface area contributed by atoms with Crippen molar-refractivity contribution >= 4 is 50.4 Å². The zero-order chi connectivity index (χ0) is 13.8. The zero-order valence-electron chi connectivity index (χ0n) is 10.5. The van der Waals surface area contributed by atoms with Crippen LogP contribution in [-0.2, 0) is 11.3 Å². The number of hydrogen-bond acceptors (Lipinski definition) is 3. The topological polar surface area (TPSA) is 55.1 Å². The lowest BCUT2D eigenvalue weighted by Gasteiger charge is -2.28. The van der Waals surface area contributed by atoms with Crippen LogP contribution in [0, 0.1) is 5.41 Å². The molecule has 0 saturated carbocycles. The van der Waals surface area contributed by atoms with Crippen LogP contribution in [0.25, 0.3) is 0 Å². The van der Waals surface area contributed by atoms with Gasteiger partial charge in [0, 0.05) is 9.35 Å². The monoisotopic (exact) mass is 348 g/mol. The van der Waals surface area contributed by atoms with Gasteiger partial charge in [-0.05, 0) is 40.2 Å². The molecule has 100 valence electrons. The van der Waals surface area contributed by atoms with E-state index >= 15 is 0 Å². The van der Waals surface area contributed by atoms with E-state index in [1.165, 1.54) is 0 Å². The molecule has 3 nitrogen and oxygen atoms in total. The largest absolute Gasteiger partial charge is 0.392 e. The third-order valence-corrected chi connectivity index (χ3v) is 5.53. The highest BCUT2D eigenvalue weighted by molar-refractivity contribution is 9.10. The number of nitrogens with one attached hydrogen (secondary N) is 1. The van der Waals surface area contributed by atoms with Crippen LogP contribution < -0.4 is 11.1 Å². The zero-order valence-corrected chi connectivity index (χ0v) is 13.7. The summed E-state index contributed by atoms with van der Waals surface area (Å²) >= 11 is 10.1. The van der Waals surface area contributed by atoms with Crippen molar-refractivity contribution in [1.29, 1.82) is 0 Å². The molecule has 1 aromatic heterocycles. The Kier molecular flexibility index (Phi) is 5.75. The van der Waals surface area contributed by atoms with Crippen LogP contribution in [0.2, 0.25) is 0 Å². The van der Waals surface area contributed by atoms with Gasteiger partial charge in [0.05, 0.1) is 16.9 Å². The lowest BCUT2D eigenvalue weighted by atomic mass is 9.81. The molecule has 0 atom stereocenters. The van der Waals surface area contributed by atoms with Crippen molar-refractivity contribution in [1.82, 2.24) is 5.32 Å². The predicted molar refractivity (Wildman–Crippen MR) is 83.7 cm³/mol. The Morgan fingerprint density at radius 3 is 2.56 bits per heavy atom. The number of nitrogens with two attached hydrogens (primary N) is 1. The van der Waals surface area contributed by atoms with Crippen molar-refractivity contribution in [3.8, 4) is 0 Å². The highest BCUT2D eigenvalue weighted by Gasteiger charge is 2.37. The Morgan fingerprint density at radius 2 is 2.17 bits per heavy atom. The molecule has 0 saturated heterocycles. The summed E-state index contributed by atoms with van der Waals surface area (Å²) in [5.74, 6) is -0.0831. The van der Waals surface area contributed by atoms with E-state index < -0.39 is 5.41 Å². The summed E-state index contributed by atoms with van der Waals surface area (Å²) in [5.41, 5.74) is 5.01. The molecule has 0 radical (unpaired) electrons. The fraction of sp³-hybridized carbons (Fsp3) is 0.500. The number of thiocarbonyl (C=S) groups is 1. The van der Waals surface area contributed by atoms with Gasteiger partial charge in [-0.3, -0.25) is 4.79 Å². The maximum atomic E-state index is 12.3. The second kappa shape index (κ2) is 6.63. The van der Waals surface area contributed by atoms with Gasteiger partial charge in [-0.2, -0.15) is 0 Å². The van der Waals surface area contributed by atoms with E-state index in [4.69, 9.17) is 18.0 Å². The first kappa shape index (κ1) is 15.6. The molecule has 0 bridgehead atoms. The SMILES string of the molecule is CCC(CC)(C(=O)NCc1sccc1Br)C(N)=S. The molecule has 6 heteroatoms.